The molecule has 1 saturated heterocycles. The van der Waals surface area contributed by atoms with Crippen molar-refractivity contribution < 1.29 is 9.53 Å². The smallest absolute Gasteiger partial charge is 0.225 e. The summed E-state index contributed by atoms with van der Waals surface area (Å²) in [5.74, 6) is 1.43. The molecule has 190 valence electrons. The molecule has 34 heavy (non-hydrogen) atoms. The zero-order valence-electron chi connectivity index (χ0n) is 21.4. The minimum atomic E-state index is 0. The molecule has 1 aromatic carbocycles. The number of methoxy groups -OCH3 is 1. The summed E-state index contributed by atoms with van der Waals surface area (Å²) in [5, 5.41) is 4.71. The predicted molar refractivity (Wildman–Crippen MR) is 144 cm³/mol. The second kappa shape index (κ2) is 14.4. The Hall–Kier alpha value is -2.05. The van der Waals surface area contributed by atoms with Crippen LogP contribution in [0.3, 0.4) is 0 Å². The van der Waals surface area contributed by atoms with Gasteiger partial charge in [-0.2, -0.15) is 0 Å². The van der Waals surface area contributed by atoms with E-state index in [2.05, 4.69) is 46.9 Å². The average molecular weight is 491 g/mol. The second-order valence-electron chi connectivity index (χ2n) is 9.22. The number of carbonyl (C=O) groups is 1. The molecule has 2 heterocycles. The maximum Gasteiger partial charge on any atom is 0.225 e. The van der Waals surface area contributed by atoms with Crippen LogP contribution in [-0.4, -0.2) is 67.1 Å². The number of benzene rings is 1. The van der Waals surface area contributed by atoms with Crippen molar-refractivity contribution in [2.45, 2.75) is 59.3 Å². The number of unbranched alkanes of at least 4 members (excludes halogenated alkanes) is 3. The van der Waals surface area contributed by atoms with Crippen LogP contribution in [0, 0.1) is 12.8 Å². The molecule has 1 fully saturated rings. The lowest BCUT2D eigenvalue weighted by Crippen LogP contribution is -2.50. The summed E-state index contributed by atoms with van der Waals surface area (Å²) in [4.78, 5) is 21.7. The first kappa shape index (κ1) is 28.2. The Morgan fingerprint density at radius 2 is 1.79 bits per heavy atom. The molecule has 3 rings (SSSR count). The van der Waals surface area contributed by atoms with Crippen LogP contribution >= 0.6 is 12.4 Å². The van der Waals surface area contributed by atoms with Gasteiger partial charge in [0.05, 0.1) is 18.3 Å². The number of fused-ring (bicyclic) bond motifs is 1. The standard InChI is InChI=1S/C27H42N4O2.ClH/c1-5-22(6-2)27(32)31-17-15-30(16-18-31)14-10-8-7-9-12-28-25-20-23(33-4)19-24-21(3)11-13-29-26(24)25;/h11,13,19-20,22,28H,5-10,12,14-18H2,1-4H3;1H. The molecule has 1 aliphatic heterocycles. The summed E-state index contributed by atoms with van der Waals surface area (Å²) in [6.07, 6.45) is 8.60. The van der Waals surface area contributed by atoms with Gasteiger partial charge in [-0.15, -0.1) is 12.4 Å². The Kier molecular flexibility index (Phi) is 11.9. The zero-order valence-corrected chi connectivity index (χ0v) is 22.3. The number of amides is 1. The number of anilines is 1. The zero-order chi connectivity index (χ0) is 23.6. The molecule has 0 spiro atoms. The molecule has 2 aromatic rings. The lowest BCUT2D eigenvalue weighted by Gasteiger charge is -2.36. The molecule has 7 heteroatoms. The van der Waals surface area contributed by atoms with Gasteiger partial charge in [0.1, 0.15) is 5.75 Å². The number of rotatable bonds is 12. The Balaban J connectivity index is 0.00000408. The Morgan fingerprint density at radius 1 is 1.09 bits per heavy atom. The van der Waals surface area contributed by atoms with E-state index < -0.39 is 0 Å². The molecular weight excluding hydrogens is 448 g/mol. The van der Waals surface area contributed by atoms with E-state index in [-0.39, 0.29) is 18.3 Å². The summed E-state index contributed by atoms with van der Waals surface area (Å²) < 4.78 is 5.48. The van der Waals surface area contributed by atoms with Crippen LogP contribution in [0.2, 0.25) is 0 Å². The van der Waals surface area contributed by atoms with Crippen LogP contribution in [0.4, 0.5) is 5.69 Å². The number of piperazine rings is 1. The van der Waals surface area contributed by atoms with Gasteiger partial charge in [0, 0.05) is 56.3 Å². The van der Waals surface area contributed by atoms with E-state index in [1.807, 2.05) is 18.3 Å². The number of nitrogens with one attached hydrogen (secondary N) is 1. The molecule has 1 aliphatic rings. The lowest BCUT2D eigenvalue weighted by molar-refractivity contribution is -0.137. The second-order valence-corrected chi connectivity index (χ2v) is 9.22. The van der Waals surface area contributed by atoms with Gasteiger partial charge in [-0.05, 0) is 56.8 Å². The van der Waals surface area contributed by atoms with Gasteiger partial charge in [-0.1, -0.05) is 26.7 Å². The number of ether oxygens (including phenoxy) is 1. The lowest BCUT2D eigenvalue weighted by atomic mass is 10.0. The van der Waals surface area contributed by atoms with Crippen molar-refractivity contribution in [1.29, 1.82) is 0 Å². The van der Waals surface area contributed by atoms with E-state index in [0.717, 1.165) is 80.9 Å². The molecule has 0 radical (unpaired) electrons. The number of hydrogen-bond donors (Lipinski definition) is 1. The number of hydrogen-bond acceptors (Lipinski definition) is 5. The highest BCUT2D eigenvalue weighted by molar-refractivity contribution is 5.93. The first-order chi connectivity index (χ1) is 16.1. The number of carbonyl (C=O) groups excluding carboxylic acids is 1. The summed E-state index contributed by atoms with van der Waals surface area (Å²) in [6.45, 7) is 12.2. The molecule has 1 N–H and O–H groups in total. The Labute approximate surface area is 211 Å². The largest absolute Gasteiger partial charge is 0.497 e. The van der Waals surface area contributed by atoms with Crippen molar-refractivity contribution in [2.24, 2.45) is 5.92 Å². The maximum atomic E-state index is 12.5. The quantitative estimate of drug-likeness (QED) is 0.396. The molecule has 0 aliphatic carbocycles. The van der Waals surface area contributed by atoms with Gasteiger partial charge in [-0.3, -0.25) is 14.7 Å². The van der Waals surface area contributed by atoms with Crippen molar-refractivity contribution in [3.63, 3.8) is 0 Å². The number of pyridine rings is 1. The van der Waals surface area contributed by atoms with Crippen molar-refractivity contribution in [1.82, 2.24) is 14.8 Å². The Bertz CT molecular complexity index is 896. The van der Waals surface area contributed by atoms with Crippen LogP contribution < -0.4 is 10.1 Å². The third-order valence-corrected chi connectivity index (χ3v) is 7.01. The topological polar surface area (TPSA) is 57.7 Å². The predicted octanol–water partition coefficient (Wildman–Crippen LogP) is 5.53. The van der Waals surface area contributed by atoms with Gasteiger partial charge in [0.25, 0.3) is 0 Å². The van der Waals surface area contributed by atoms with E-state index in [9.17, 15) is 4.79 Å². The van der Waals surface area contributed by atoms with Crippen LogP contribution in [0.25, 0.3) is 10.9 Å². The van der Waals surface area contributed by atoms with Crippen molar-refractivity contribution in [3.05, 3.63) is 30.0 Å². The van der Waals surface area contributed by atoms with Crippen LogP contribution in [0.15, 0.2) is 24.4 Å². The fraction of sp³-hybridized carbons (Fsp3) is 0.630. The van der Waals surface area contributed by atoms with Gasteiger partial charge in [-0.25, -0.2) is 0 Å². The minimum Gasteiger partial charge on any atom is -0.497 e. The fourth-order valence-electron chi connectivity index (χ4n) is 4.74. The number of halogens is 1. The van der Waals surface area contributed by atoms with Crippen molar-refractivity contribution >= 4 is 34.9 Å². The van der Waals surface area contributed by atoms with E-state index >= 15 is 0 Å². The maximum absolute atomic E-state index is 12.5. The average Bonchev–Trinajstić information content (AvgIpc) is 2.84. The van der Waals surface area contributed by atoms with Gasteiger partial charge in [0.15, 0.2) is 0 Å². The highest BCUT2D eigenvalue weighted by atomic mass is 35.5. The fourth-order valence-corrected chi connectivity index (χ4v) is 4.74. The highest BCUT2D eigenvalue weighted by Gasteiger charge is 2.25. The van der Waals surface area contributed by atoms with E-state index in [1.54, 1.807) is 7.11 Å². The monoisotopic (exact) mass is 490 g/mol. The Morgan fingerprint density at radius 3 is 2.47 bits per heavy atom. The van der Waals surface area contributed by atoms with Gasteiger partial charge in [0.2, 0.25) is 5.91 Å². The third kappa shape index (κ3) is 7.47. The number of aryl methyl sites for hydroxylation is 1. The normalized spacial score (nSPS) is 14.3. The van der Waals surface area contributed by atoms with Crippen molar-refractivity contribution in [2.75, 3.05) is 51.7 Å². The van der Waals surface area contributed by atoms with Crippen LogP contribution in [0.1, 0.15) is 57.9 Å². The molecule has 0 unspecified atom stereocenters. The van der Waals surface area contributed by atoms with Crippen molar-refractivity contribution in [3.8, 4) is 5.75 Å². The number of aromatic nitrogens is 1. The first-order valence-corrected chi connectivity index (χ1v) is 12.8. The van der Waals surface area contributed by atoms with E-state index in [4.69, 9.17) is 4.74 Å². The number of nitrogens with zero attached hydrogens (tertiary/aromatic N) is 3. The SMILES string of the molecule is CCC(CC)C(=O)N1CCN(CCCCCCNc2cc(OC)cc3c(C)ccnc23)CC1.Cl. The minimum absolute atomic E-state index is 0. The molecular formula is C27H43ClN4O2. The summed E-state index contributed by atoms with van der Waals surface area (Å²) in [5.41, 5.74) is 3.27. The molecule has 0 saturated carbocycles. The molecule has 1 aromatic heterocycles. The molecule has 0 atom stereocenters. The van der Waals surface area contributed by atoms with Crippen LogP contribution in [-0.2, 0) is 4.79 Å². The van der Waals surface area contributed by atoms with E-state index in [0.29, 0.717) is 5.91 Å². The van der Waals surface area contributed by atoms with E-state index in [1.165, 1.54) is 24.8 Å². The summed E-state index contributed by atoms with van der Waals surface area (Å²) in [6, 6.07) is 6.14. The van der Waals surface area contributed by atoms with Gasteiger partial charge < -0.3 is 15.0 Å². The van der Waals surface area contributed by atoms with Gasteiger partial charge >= 0.3 is 0 Å². The molecule has 0 bridgehead atoms. The molecule has 1 amide bonds. The summed E-state index contributed by atoms with van der Waals surface area (Å²) >= 11 is 0. The summed E-state index contributed by atoms with van der Waals surface area (Å²) in [7, 11) is 1.71. The highest BCUT2D eigenvalue weighted by Crippen LogP contribution is 2.29. The molecule has 6 nitrogen and oxygen atoms in total. The first-order valence-electron chi connectivity index (χ1n) is 12.8. The van der Waals surface area contributed by atoms with Crippen LogP contribution in [0.5, 0.6) is 5.75 Å². The third-order valence-electron chi connectivity index (χ3n) is 7.01.